The number of rotatable bonds is 15. The lowest BCUT2D eigenvalue weighted by molar-refractivity contribution is -0.144. The molecule has 32 heavy (non-hydrogen) atoms. The van der Waals surface area contributed by atoms with E-state index in [1.54, 1.807) is 13.8 Å². The predicted molar refractivity (Wildman–Crippen MR) is 110 cm³/mol. The van der Waals surface area contributed by atoms with Gasteiger partial charge in [-0.2, -0.15) is 0 Å². The van der Waals surface area contributed by atoms with Crippen LogP contribution in [0.15, 0.2) is 0 Å². The first-order valence-electron chi connectivity index (χ1n) is 9.85. The third kappa shape index (κ3) is 11.2. The highest BCUT2D eigenvalue weighted by molar-refractivity contribution is 5.95. The largest absolute Gasteiger partial charge is 0.480 e. The summed E-state index contributed by atoms with van der Waals surface area (Å²) in [6.45, 7) is 2.66. The molecular formula is C18H32N6O8. The van der Waals surface area contributed by atoms with Crippen LogP contribution in [0.5, 0.6) is 0 Å². The van der Waals surface area contributed by atoms with Crippen molar-refractivity contribution in [1.29, 1.82) is 0 Å². The van der Waals surface area contributed by atoms with Crippen LogP contribution in [0.3, 0.4) is 0 Å². The van der Waals surface area contributed by atoms with Crippen molar-refractivity contribution in [2.75, 3.05) is 6.61 Å². The van der Waals surface area contributed by atoms with E-state index in [0.717, 1.165) is 0 Å². The maximum Gasteiger partial charge on any atom is 0.326 e. The summed E-state index contributed by atoms with van der Waals surface area (Å²) >= 11 is 0. The van der Waals surface area contributed by atoms with Crippen LogP contribution in [0, 0.1) is 5.92 Å². The van der Waals surface area contributed by atoms with Gasteiger partial charge >= 0.3 is 5.97 Å². The van der Waals surface area contributed by atoms with Crippen LogP contribution in [0.2, 0.25) is 0 Å². The highest BCUT2D eigenvalue weighted by Crippen LogP contribution is 2.07. The number of aliphatic carboxylic acids is 1. The Balaban J connectivity index is 5.25. The molecule has 5 amide bonds. The number of aliphatic hydroxyl groups is 1. The molecule has 14 heteroatoms. The topological polar surface area (TPSA) is 257 Å². The molecule has 182 valence electrons. The highest BCUT2D eigenvalue weighted by Gasteiger charge is 2.31. The van der Waals surface area contributed by atoms with Crippen LogP contribution in [-0.2, 0) is 28.8 Å². The first-order valence-corrected chi connectivity index (χ1v) is 9.85. The summed E-state index contributed by atoms with van der Waals surface area (Å²) in [6, 6.07) is -5.45. The third-order valence-electron chi connectivity index (χ3n) is 4.21. The average molecular weight is 460 g/mol. The monoisotopic (exact) mass is 460 g/mol. The fourth-order valence-electron chi connectivity index (χ4n) is 2.55. The number of nitrogens with two attached hydrogens (primary N) is 3. The zero-order valence-corrected chi connectivity index (χ0v) is 18.0. The molecule has 0 saturated heterocycles. The molecule has 0 saturated carbocycles. The van der Waals surface area contributed by atoms with Crippen molar-refractivity contribution in [2.45, 2.75) is 63.7 Å². The number of hydrogen-bond acceptors (Lipinski definition) is 8. The van der Waals surface area contributed by atoms with Crippen LogP contribution in [0.4, 0.5) is 0 Å². The van der Waals surface area contributed by atoms with Gasteiger partial charge < -0.3 is 43.4 Å². The Morgan fingerprint density at radius 2 is 1.31 bits per heavy atom. The smallest absolute Gasteiger partial charge is 0.326 e. The summed E-state index contributed by atoms with van der Waals surface area (Å²) < 4.78 is 0. The van der Waals surface area contributed by atoms with E-state index in [-0.39, 0.29) is 25.2 Å². The van der Waals surface area contributed by atoms with Crippen LogP contribution in [-0.4, -0.2) is 76.5 Å². The van der Waals surface area contributed by atoms with Gasteiger partial charge in [0.25, 0.3) is 0 Å². The maximum atomic E-state index is 12.5. The molecule has 0 aliphatic heterocycles. The Labute approximate surface area is 184 Å². The molecule has 0 aliphatic carbocycles. The molecule has 0 rings (SSSR count). The molecule has 0 fully saturated rings. The summed E-state index contributed by atoms with van der Waals surface area (Å²) in [6.07, 6.45) is -0.792. The second kappa shape index (κ2) is 13.9. The number of carboxylic acids is 1. The second-order valence-corrected chi connectivity index (χ2v) is 7.62. The Hall–Kier alpha value is -3.26. The van der Waals surface area contributed by atoms with E-state index in [0.29, 0.717) is 0 Å². The van der Waals surface area contributed by atoms with Crippen molar-refractivity contribution in [3.05, 3.63) is 0 Å². The van der Waals surface area contributed by atoms with Gasteiger partial charge in [0, 0.05) is 6.42 Å². The van der Waals surface area contributed by atoms with Crippen molar-refractivity contribution in [1.82, 2.24) is 16.0 Å². The molecule has 4 atom stereocenters. The van der Waals surface area contributed by atoms with E-state index in [4.69, 9.17) is 22.3 Å². The zero-order chi connectivity index (χ0) is 25.0. The van der Waals surface area contributed by atoms with E-state index in [2.05, 4.69) is 16.0 Å². The molecule has 14 nitrogen and oxygen atoms in total. The second-order valence-electron chi connectivity index (χ2n) is 7.62. The predicted octanol–water partition coefficient (Wildman–Crippen LogP) is -3.97. The van der Waals surface area contributed by atoms with Crippen molar-refractivity contribution < 1.29 is 39.0 Å². The fraction of sp³-hybridized carbons (Fsp3) is 0.667. The summed E-state index contributed by atoms with van der Waals surface area (Å²) in [5.41, 5.74) is 15.6. The Morgan fingerprint density at radius 3 is 1.75 bits per heavy atom. The molecule has 11 N–H and O–H groups in total. The summed E-state index contributed by atoms with van der Waals surface area (Å²) in [5.74, 6) is -5.85. The lowest BCUT2D eigenvalue weighted by Gasteiger charge is -2.25. The van der Waals surface area contributed by atoms with Gasteiger partial charge in [-0.05, 0) is 18.8 Å². The van der Waals surface area contributed by atoms with E-state index in [1.165, 1.54) is 0 Å². The molecule has 4 unspecified atom stereocenters. The highest BCUT2D eigenvalue weighted by atomic mass is 16.4. The number of primary amides is 2. The Morgan fingerprint density at radius 1 is 0.812 bits per heavy atom. The SMILES string of the molecule is CC(C)CC(NC(=O)C(CO)NC(=O)C(N)CCC(N)=O)C(=O)NC(CC(N)=O)C(=O)O. The van der Waals surface area contributed by atoms with Gasteiger partial charge in [0.05, 0.1) is 19.1 Å². The van der Waals surface area contributed by atoms with Crippen LogP contribution in [0.25, 0.3) is 0 Å². The van der Waals surface area contributed by atoms with Gasteiger partial charge in [0.1, 0.15) is 18.1 Å². The summed E-state index contributed by atoms with van der Waals surface area (Å²) in [4.78, 5) is 70.2. The lowest BCUT2D eigenvalue weighted by Crippen LogP contribution is -2.58. The molecule has 0 heterocycles. The van der Waals surface area contributed by atoms with Crippen LogP contribution in [0.1, 0.15) is 39.5 Å². The van der Waals surface area contributed by atoms with Crippen molar-refractivity contribution >= 4 is 35.5 Å². The average Bonchev–Trinajstić information content (AvgIpc) is 2.67. The molecule has 0 aromatic rings. The van der Waals surface area contributed by atoms with Gasteiger partial charge in [-0.1, -0.05) is 13.8 Å². The Bertz CT molecular complexity index is 714. The number of hydrogen-bond donors (Lipinski definition) is 8. The first-order chi connectivity index (χ1) is 14.8. The van der Waals surface area contributed by atoms with Gasteiger partial charge in [0.2, 0.25) is 29.5 Å². The van der Waals surface area contributed by atoms with Crippen molar-refractivity contribution in [3.8, 4) is 0 Å². The molecular weight excluding hydrogens is 428 g/mol. The molecule has 0 aromatic heterocycles. The number of nitrogens with one attached hydrogen (secondary N) is 3. The van der Waals surface area contributed by atoms with Gasteiger partial charge in [-0.15, -0.1) is 0 Å². The van der Waals surface area contributed by atoms with Gasteiger partial charge in [-0.3, -0.25) is 24.0 Å². The van der Waals surface area contributed by atoms with E-state index >= 15 is 0 Å². The van der Waals surface area contributed by atoms with Crippen LogP contribution < -0.4 is 33.2 Å². The van der Waals surface area contributed by atoms with E-state index < -0.39 is 72.7 Å². The first kappa shape index (κ1) is 28.7. The normalized spacial score (nSPS) is 14.5. The molecule has 0 aliphatic rings. The minimum Gasteiger partial charge on any atom is -0.480 e. The fourth-order valence-corrected chi connectivity index (χ4v) is 2.55. The lowest BCUT2D eigenvalue weighted by atomic mass is 10.0. The van der Waals surface area contributed by atoms with E-state index in [1.807, 2.05) is 0 Å². The van der Waals surface area contributed by atoms with E-state index in [9.17, 15) is 33.9 Å². The number of carbonyl (C=O) groups excluding carboxylic acids is 5. The molecule has 0 radical (unpaired) electrons. The Kier molecular flexibility index (Phi) is 12.5. The van der Waals surface area contributed by atoms with Crippen LogP contribution >= 0.6 is 0 Å². The standard InChI is InChI=1S/C18H32N6O8/c1-8(2)5-10(16(29)23-11(18(31)32)6-14(21)27)22-17(30)12(7-25)24-15(28)9(19)3-4-13(20)26/h8-12,25H,3-7,19H2,1-2H3,(H2,20,26)(H2,21,27)(H,22,30)(H,23,29)(H,24,28)(H,31,32). The number of carbonyl (C=O) groups is 6. The summed E-state index contributed by atoms with van der Waals surface area (Å²) in [5, 5.41) is 25.3. The molecule has 0 bridgehead atoms. The van der Waals surface area contributed by atoms with Crippen molar-refractivity contribution in [2.24, 2.45) is 23.1 Å². The zero-order valence-electron chi connectivity index (χ0n) is 18.0. The van der Waals surface area contributed by atoms with Crippen molar-refractivity contribution in [3.63, 3.8) is 0 Å². The molecule has 0 spiro atoms. The third-order valence-corrected chi connectivity index (χ3v) is 4.21. The summed E-state index contributed by atoms with van der Waals surface area (Å²) in [7, 11) is 0. The minimum absolute atomic E-state index is 0.0737. The maximum absolute atomic E-state index is 12.5. The quantitative estimate of drug-likeness (QED) is 0.118. The minimum atomic E-state index is -1.59. The number of aliphatic hydroxyl groups excluding tert-OH is 1. The van der Waals surface area contributed by atoms with Gasteiger partial charge in [-0.25, -0.2) is 4.79 Å². The molecule has 0 aromatic carbocycles. The number of amides is 5. The van der Waals surface area contributed by atoms with Gasteiger partial charge in [0.15, 0.2) is 0 Å². The number of carboxylic acid groups (broad SMARTS) is 1.